The molecule has 2 aliphatic heterocycles. The predicted molar refractivity (Wildman–Crippen MR) is 105 cm³/mol. The molecule has 5 nitrogen and oxygen atoms in total. The number of carbonyl (C=O) groups is 1. The van der Waals surface area contributed by atoms with Crippen molar-refractivity contribution in [2.45, 2.75) is 20.0 Å². The zero-order valence-corrected chi connectivity index (χ0v) is 15.1. The van der Waals surface area contributed by atoms with Gasteiger partial charge in [-0.2, -0.15) is 0 Å². The van der Waals surface area contributed by atoms with Crippen LogP contribution in [0, 0.1) is 0 Å². The van der Waals surface area contributed by atoms with Crippen LogP contribution in [0.2, 0.25) is 0 Å². The number of rotatable bonds is 4. The van der Waals surface area contributed by atoms with Gasteiger partial charge in [-0.1, -0.05) is 18.2 Å². The number of piperazine rings is 1. The highest BCUT2D eigenvalue weighted by atomic mass is 16.1. The Balaban J connectivity index is 1.38. The molecular formula is C21H24N4O. The zero-order valence-electron chi connectivity index (χ0n) is 15.1. The van der Waals surface area contributed by atoms with E-state index in [1.807, 2.05) is 25.3 Å². The maximum Gasteiger partial charge on any atom is 0.251 e. The molecule has 1 N–H and O–H groups in total. The summed E-state index contributed by atoms with van der Waals surface area (Å²) in [7, 11) is 0. The van der Waals surface area contributed by atoms with E-state index < -0.39 is 0 Å². The molecule has 0 radical (unpaired) electrons. The Morgan fingerprint density at radius 2 is 1.96 bits per heavy atom. The van der Waals surface area contributed by atoms with Crippen LogP contribution in [0.5, 0.6) is 0 Å². The summed E-state index contributed by atoms with van der Waals surface area (Å²) in [5.41, 5.74) is 5.40. The molecule has 2 heterocycles. The Labute approximate surface area is 154 Å². The lowest BCUT2D eigenvalue weighted by atomic mass is 10.1. The largest absolute Gasteiger partial charge is 0.369 e. The van der Waals surface area contributed by atoms with Crippen molar-refractivity contribution in [1.82, 2.24) is 10.2 Å². The van der Waals surface area contributed by atoms with Gasteiger partial charge in [-0.15, -0.1) is 0 Å². The van der Waals surface area contributed by atoms with E-state index in [2.05, 4.69) is 50.4 Å². The number of aliphatic imine (C=N–C) groups is 1. The highest BCUT2D eigenvalue weighted by Gasteiger charge is 2.22. The molecule has 5 heteroatoms. The van der Waals surface area contributed by atoms with Gasteiger partial charge in [-0.3, -0.25) is 14.7 Å². The summed E-state index contributed by atoms with van der Waals surface area (Å²) < 4.78 is 0. The van der Waals surface area contributed by atoms with Gasteiger partial charge in [0.25, 0.3) is 5.91 Å². The van der Waals surface area contributed by atoms with Crippen LogP contribution in [0.15, 0.2) is 47.5 Å². The van der Waals surface area contributed by atoms with E-state index in [9.17, 15) is 4.79 Å². The summed E-state index contributed by atoms with van der Waals surface area (Å²) in [6.45, 7) is 7.54. The molecule has 0 saturated carbocycles. The minimum absolute atomic E-state index is 0.0510. The second-order valence-corrected chi connectivity index (χ2v) is 6.84. The molecule has 134 valence electrons. The number of hydrogen-bond donors (Lipinski definition) is 1. The third-order valence-electron chi connectivity index (χ3n) is 5.11. The van der Waals surface area contributed by atoms with Crippen LogP contribution in [0.3, 0.4) is 0 Å². The summed E-state index contributed by atoms with van der Waals surface area (Å²) in [6, 6.07) is 14.7. The number of hydrogen-bond acceptors (Lipinski definition) is 4. The van der Waals surface area contributed by atoms with Crippen LogP contribution >= 0.6 is 0 Å². The number of fused-ring (bicyclic) bond motifs is 1. The third kappa shape index (κ3) is 3.48. The van der Waals surface area contributed by atoms with Gasteiger partial charge in [-0.25, -0.2) is 0 Å². The molecule has 1 amide bonds. The summed E-state index contributed by atoms with van der Waals surface area (Å²) in [4.78, 5) is 21.1. The van der Waals surface area contributed by atoms with Crippen molar-refractivity contribution in [2.75, 3.05) is 31.1 Å². The average molecular weight is 348 g/mol. The molecule has 0 aromatic heterocycles. The van der Waals surface area contributed by atoms with Crippen molar-refractivity contribution >= 4 is 23.5 Å². The fourth-order valence-electron chi connectivity index (χ4n) is 3.70. The molecule has 2 aromatic carbocycles. The number of nitrogens with one attached hydrogen (secondary N) is 1. The summed E-state index contributed by atoms with van der Waals surface area (Å²) in [5.74, 6) is 0.0510. The van der Waals surface area contributed by atoms with Gasteiger partial charge in [0.2, 0.25) is 0 Å². The van der Waals surface area contributed by atoms with Gasteiger partial charge in [0.05, 0.1) is 5.69 Å². The number of anilines is 1. The maximum atomic E-state index is 11.9. The van der Waals surface area contributed by atoms with E-state index in [0.717, 1.165) is 55.2 Å². The van der Waals surface area contributed by atoms with E-state index in [1.54, 1.807) is 0 Å². The molecule has 0 atom stereocenters. The first kappa shape index (κ1) is 16.8. The Kier molecular flexibility index (Phi) is 4.71. The highest BCUT2D eigenvalue weighted by Crippen LogP contribution is 2.24. The van der Waals surface area contributed by atoms with Gasteiger partial charge in [0, 0.05) is 56.7 Å². The van der Waals surface area contributed by atoms with Crippen molar-refractivity contribution in [3.63, 3.8) is 0 Å². The zero-order chi connectivity index (χ0) is 17.9. The molecule has 0 bridgehead atoms. The summed E-state index contributed by atoms with van der Waals surface area (Å²) >= 11 is 0. The predicted octanol–water partition coefficient (Wildman–Crippen LogP) is 2.97. The quantitative estimate of drug-likeness (QED) is 0.864. The topological polar surface area (TPSA) is 47.9 Å². The smallest absolute Gasteiger partial charge is 0.251 e. The highest BCUT2D eigenvalue weighted by molar-refractivity contribution is 5.99. The lowest BCUT2D eigenvalue weighted by Crippen LogP contribution is -2.46. The molecule has 26 heavy (non-hydrogen) atoms. The SMILES string of the molecule is CC=Nc1cccc(CN2CCN(c3ccc4c(c3)C(=O)NC4)CC2)c1. The molecular weight excluding hydrogens is 324 g/mol. The first-order chi connectivity index (χ1) is 12.7. The Hall–Kier alpha value is -2.66. The fraction of sp³-hybridized carbons (Fsp3) is 0.333. The first-order valence-corrected chi connectivity index (χ1v) is 9.19. The summed E-state index contributed by atoms with van der Waals surface area (Å²) in [6.07, 6.45) is 1.83. The Morgan fingerprint density at radius 3 is 2.77 bits per heavy atom. The minimum atomic E-state index is 0.0510. The molecule has 1 fully saturated rings. The second kappa shape index (κ2) is 7.30. The van der Waals surface area contributed by atoms with Crippen LogP contribution in [0.25, 0.3) is 0 Å². The molecule has 0 spiro atoms. The number of nitrogens with zero attached hydrogens (tertiary/aromatic N) is 3. The van der Waals surface area contributed by atoms with Crippen molar-refractivity contribution in [3.8, 4) is 0 Å². The van der Waals surface area contributed by atoms with E-state index in [-0.39, 0.29) is 5.91 Å². The molecule has 0 unspecified atom stereocenters. The molecule has 2 aromatic rings. The molecule has 2 aliphatic rings. The standard InChI is InChI=1S/C21H24N4O/c1-2-22-18-5-3-4-16(12-18)15-24-8-10-25(11-9-24)19-7-6-17-14-23-21(26)20(17)13-19/h2-7,12-13H,8-11,14-15H2,1H3,(H,23,26). The molecule has 4 rings (SSSR count). The normalized spacial score (nSPS) is 17.6. The van der Waals surface area contributed by atoms with Crippen molar-refractivity contribution in [2.24, 2.45) is 4.99 Å². The van der Waals surface area contributed by atoms with Gasteiger partial charge >= 0.3 is 0 Å². The third-order valence-corrected chi connectivity index (χ3v) is 5.11. The second-order valence-electron chi connectivity index (χ2n) is 6.84. The van der Waals surface area contributed by atoms with Gasteiger partial charge < -0.3 is 10.2 Å². The minimum Gasteiger partial charge on any atom is -0.369 e. The van der Waals surface area contributed by atoms with Crippen molar-refractivity contribution in [1.29, 1.82) is 0 Å². The van der Waals surface area contributed by atoms with Crippen LogP contribution in [0.1, 0.15) is 28.4 Å². The van der Waals surface area contributed by atoms with Crippen molar-refractivity contribution in [3.05, 3.63) is 59.2 Å². The number of amides is 1. The van der Waals surface area contributed by atoms with Crippen LogP contribution < -0.4 is 10.2 Å². The molecule has 1 saturated heterocycles. The van der Waals surface area contributed by atoms with Crippen LogP contribution in [0.4, 0.5) is 11.4 Å². The number of carbonyl (C=O) groups excluding carboxylic acids is 1. The van der Waals surface area contributed by atoms with Crippen LogP contribution in [-0.2, 0) is 13.1 Å². The van der Waals surface area contributed by atoms with E-state index in [4.69, 9.17) is 0 Å². The van der Waals surface area contributed by atoms with Gasteiger partial charge in [-0.05, 0) is 42.3 Å². The first-order valence-electron chi connectivity index (χ1n) is 9.19. The van der Waals surface area contributed by atoms with Crippen LogP contribution in [-0.4, -0.2) is 43.2 Å². The summed E-state index contributed by atoms with van der Waals surface area (Å²) in [5, 5.41) is 2.89. The fourth-order valence-corrected chi connectivity index (χ4v) is 3.70. The number of benzene rings is 2. The Morgan fingerprint density at radius 1 is 1.12 bits per heavy atom. The lowest BCUT2D eigenvalue weighted by Gasteiger charge is -2.36. The van der Waals surface area contributed by atoms with E-state index >= 15 is 0 Å². The maximum absolute atomic E-state index is 11.9. The van der Waals surface area contributed by atoms with Crippen molar-refractivity contribution < 1.29 is 4.79 Å². The van der Waals surface area contributed by atoms with Gasteiger partial charge in [0.15, 0.2) is 0 Å². The lowest BCUT2D eigenvalue weighted by molar-refractivity contribution is 0.0966. The van der Waals surface area contributed by atoms with E-state index in [0.29, 0.717) is 6.54 Å². The van der Waals surface area contributed by atoms with Gasteiger partial charge in [0.1, 0.15) is 0 Å². The monoisotopic (exact) mass is 348 g/mol. The Bertz CT molecular complexity index is 838. The van der Waals surface area contributed by atoms with E-state index in [1.165, 1.54) is 5.56 Å². The molecule has 0 aliphatic carbocycles. The average Bonchev–Trinajstić information content (AvgIpc) is 3.03.